The Morgan fingerprint density at radius 2 is 2.23 bits per heavy atom. The molecule has 0 spiro atoms. The van der Waals surface area contributed by atoms with Gasteiger partial charge in [-0.05, 0) is 30.7 Å². The first-order valence-electron chi connectivity index (χ1n) is 7.44. The largest absolute Gasteiger partial charge is 0.383 e. The van der Waals surface area contributed by atoms with Crippen molar-refractivity contribution in [1.29, 1.82) is 0 Å². The fraction of sp³-hybridized carbons (Fsp3) is 0.312. The van der Waals surface area contributed by atoms with Crippen molar-refractivity contribution in [3.63, 3.8) is 0 Å². The van der Waals surface area contributed by atoms with E-state index in [1.54, 1.807) is 24.4 Å². The van der Waals surface area contributed by atoms with E-state index in [1.807, 2.05) is 12.1 Å². The van der Waals surface area contributed by atoms with Crippen LogP contribution in [0.4, 0.5) is 11.6 Å². The first-order valence-corrected chi connectivity index (χ1v) is 7.44. The molecule has 22 heavy (non-hydrogen) atoms. The Labute approximate surface area is 128 Å². The highest BCUT2D eigenvalue weighted by atomic mass is 16.1. The summed E-state index contributed by atoms with van der Waals surface area (Å²) in [6.45, 7) is 1.93. The van der Waals surface area contributed by atoms with Gasteiger partial charge in [-0.3, -0.25) is 4.79 Å². The fourth-order valence-corrected chi connectivity index (χ4v) is 3.30. The number of pyridine rings is 2. The maximum atomic E-state index is 12.6. The van der Waals surface area contributed by atoms with Gasteiger partial charge in [0.1, 0.15) is 17.3 Å². The van der Waals surface area contributed by atoms with E-state index in [4.69, 9.17) is 5.73 Å². The molecule has 112 valence electrons. The van der Waals surface area contributed by atoms with Crippen LogP contribution in [0.3, 0.4) is 0 Å². The third-order valence-electron chi connectivity index (χ3n) is 4.40. The molecule has 0 radical (unpaired) electrons. The van der Waals surface area contributed by atoms with E-state index in [-0.39, 0.29) is 11.6 Å². The van der Waals surface area contributed by atoms with Crippen molar-refractivity contribution < 1.29 is 4.79 Å². The number of nitrogens with zero attached hydrogens (tertiary/aromatic N) is 3. The van der Waals surface area contributed by atoms with E-state index in [2.05, 4.69) is 20.2 Å². The summed E-state index contributed by atoms with van der Waals surface area (Å²) in [5.74, 6) is 0.918. The molecule has 4 heterocycles. The predicted molar refractivity (Wildman–Crippen MR) is 83.9 cm³/mol. The van der Waals surface area contributed by atoms with Crippen LogP contribution in [-0.4, -0.2) is 40.9 Å². The molecule has 0 unspecified atom stereocenters. The van der Waals surface area contributed by atoms with Gasteiger partial charge in [-0.25, -0.2) is 9.97 Å². The lowest BCUT2D eigenvalue weighted by molar-refractivity contribution is 0.103. The van der Waals surface area contributed by atoms with Gasteiger partial charge in [-0.1, -0.05) is 6.07 Å². The number of fused-ring (bicyclic) bond motifs is 2. The molecule has 2 aliphatic heterocycles. The first kappa shape index (κ1) is 13.2. The number of aromatic nitrogens is 2. The molecule has 6 nitrogen and oxygen atoms in total. The summed E-state index contributed by atoms with van der Waals surface area (Å²) in [7, 11) is 0. The minimum absolute atomic E-state index is 0.185. The zero-order valence-corrected chi connectivity index (χ0v) is 12.1. The molecule has 2 aliphatic rings. The Morgan fingerprint density at radius 1 is 1.32 bits per heavy atom. The summed E-state index contributed by atoms with van der Waals surface area (Å²) < 4.78 is 0. The molecular weight excluding hydrogens is 278 g/mol. The van der Waals surface area contributed by atoms with E-state index in [9.17, 15) is 4.79 Å². The molecular formula is C16H17N5O. The van der Waals surface area contributed by atoms with Crippen molar-refractivity contribution in [3.05, 3.63) is 47.8 Å². The second-order valence-corrected chi connectivity index (χ2v) is 5.79. The van der Waals surface area contributed by atoms with Crippen molar-refractivity contribution >= 4 is 17.4 Å². The SMILES string of the molecule is Nc1ncccc1C(=O)c1cccc(N2C[C@@H]3C[C@@H]2CN3)n1. The Balaban J connectivity index is 1.65. The third-order valence-corrected chi connectivity index (χ3v) is 4.40. The molecule has 3 N–H and O–H groups in total. The second kappa shape index (κ2) is 5.06. The van der Waals surface area contributed by atoms with Crippen LogP contribution in [-0.2, 0) is 0 Å². The monoisotopic (exact) mass is 295 g/mol. The van der Waals surface area contributed by atoms with Crippen molar-refractivity contribution in [2.75, 3.05) is 23.7 Å². The van der Waals surface area contributed by atoms with Crippen molar-refractivity contribution in [2.45, 2.75) is 18.5 Å². The zero-order valence-electron chi connectivity index (χ0n) is 12.1. The number of ketones is 1. The van der Waals surface area contributed by atoms with Crippen LogP contribution in [0.15, 0.2) is 36.5 Å². The van der Waals surface area contributed by atoms with Crippen LogP contribution in [0.1, 0.15) is 22.5 Å². The molecule has 2 aromatic rings. The van der Waals surface area contributed by atoms with Gasteiger partial charge >= 0.3 is 0 Å². The molecule has 0 aromatic carbocycles. The summed E-state index contributed by atoms with van der Waals surface area (Å²) in [6.07, 6.45) is 2.72. The van der Waals surface area contributed by atoms with E-state index in [1.165, 1.54) is 0 Å². The second-order valence-electron chi connectivity index (χ2n) is 5.79. The van der Waals surface area contributed by atoms with E-state index < -0.39 is 0 Å². The third kappa shape index (κ3) is 2.12. The highest BCUT2D eigenvalue weighted by molar-refractivity contribution is 6.10. The lowest BCUT2D eigenvalue weighted by Crippen LogP contribution is -2.44. The molecule has 0 saturated carbocycles. The van der Waals surface area contributed by atoms with Gasteiger partial charge in [0.15, 0.2) is 0 Å². The van der Waals surface area contributed by atoms with Crippen LogP contribution < -0.4 is 16.0 Å². The predicted octanol–water partition coefficient (Wildman–Crippen LogP) is 0.840. The quantitative estimate of drug-likeness (QED) is 0.816. The number of piperazine rings is 1. The zero-order chi connectivity index (χ0) is 15.1. The van der Waals surface area contributed by atoms with Crippen LogP contribution in [0.25, 0.3) is 0 Å². The molecule has 0 amide bonds. The number of nitrogens with one attached hydrogen (secondary N) is 1. The molecule has 2 aromatic heterocycles. The number of anilines is 2. The Kier molecular flexibility index (Phi) is 3.04. The number of carbonyl (C=O) groups is 1. The highest BCUT2D eigenvalue weighted by Gasteiger charge is 2.38. The number of hydrogen-bond donors (Lipinski definition) is 2. The fourth-order valence-electron chi connectivity index (χ4n) is 3.30. The normalized spacial score (nSPS) is 23.0. The lowest BCUT2D eigenvalue weighted by atomic mass is 10.1. The molecule has 2 atom stereocenters. The van der Waals surface area contributed by atoms with Crippen molar-refractivity contribution in [2.24, 2.45) is 0 Å². The molecule has 4 rings (SSSR count). The van der Waals surface area contributed by atoms with Gasteiger partial charge in [0.25, 0.3) is 0 Å². The summed E-state index contributed by atoms with van der Waals surface area (Å²) in [4.78, 5) is 23.4. The van der Waals surface area contributed by atoms with Gasteiger partial charge < -0.3 is 16.0 Å². The number of rotatable bonds is 3. The summed E-state index contributed by atoms with van der Waals surface area (Å²) in [6, 6.07) is 9.97. The van der Waals surface area contributed by atoms with Crippen LogP contribution in [0, 0.1) is 0 Å². The van der Waals surface area contributed by atoms with Gasteiger partial charge in [0, 0.05) is 31.4 Å². The van der Waals surface area contributed by atoms with Gasteiger partial charge in [0.05, 0.1) is 5.56 Å². The first-order chi connectivity index (χ1) is 10.7. The summed E-state index contributed by atoms with van der Waals surface area (Å²) >= 11 is 0. The van der Waals surface area contributed by atoms with Gasteiger partial charge in [-0.15, -0.1) is 0 Å². The maximum absolute atomic E-state index is 12.6. The maximum Gasteiger partial charge on any atom is 0.215 e. The van der Waals surface area contributed by atoms with Crippen molar-refractivity contribution in [1.82, 2.24) is 15.3 Å². The minimum Gasteiger partial charge on any atom is -0.383 e. The standard InChI is InChI=1S/C16H17N5O/c17-16-12(3-2-6-18-16)15(22)13-4-1-5-14(20-13)21-9-10-7-11(21)8-19-10/h1-6,10-11,19H,7-9H2,(H2,17,18)/t10-,11+/m0/s1. The summed E-state index contributed by atoms with van der Waals surface area (Å²) in [5.41, 5.74) is 6.60. The molecule has 2 saturated heterocycles. The van der Waals surface area contributed by atoms with Gasteiger partial charge in [-0.2, -0.15) is 0 Å². The Hall–Kier alpha value is -2.47. The van der Waals surface area contributed by atoms with E-state index in [0.717, 1.165) is 25.3 Å². The molecule has 2 bridgehead atoms. The highest BCUT2D eigenvalue weighted by Crippen LogP contribution is 2.28. The van der Waals surface area contributed by atoms with Gasteiger partial charge in [0.2, 0.25) is 5.78 Å². The lowest BCUT2D eigenvalue weighted by Gasteiger charge is -2.28. The van der Waals surface area contributed by atoms with Crippen LogP contribution in [0.2, 0.25) is 0 Å². The van der Waals surface area contributed by atoms with E-state index in [0.29, 0.717) is 23.3 Å². The van der Waals surface area contributed by atoms with Crippen LogP contribution in [0.5, 0.6) is 0 Å². The summed E-state index contributed by atoms with van der Waals surface area (Å²) in [5, 5.41) is 3.47. The average Bonchev–Trinajstić information content (AvgIpc) is 3.18. The molecule has 2 fully saturated rings. The molecule has 6 heteroatoms. The van der Waals surface area contributed by atoms with E-state index >= 15 is 0 Å². The van der Waals surface area contributed by atoms with Crippen molar-refractivity contribution in [3.8, 4) is 0 Å². The van der Waals surface area contributed by atoms with Crippen LogP contribution >= 0.6 is 0 Å². The number of nitrogen functional groups attached to an aromatic ring is 1. The topological polar surface area (TPSA) is 84.1 Å². The average molecular weight is 295 g/mol. The number of carbonyl (C=O) groups excluding carboxylic acids is 1. The smallest absolute Gasteiger partial charge is 0.215 e. The number of hydrogen-bond acceptors (Lipinski definition) is 6. The minimum atomic E-state index is -0.185. The molecule has 0 aliphatic carbocycles. The Bertz CT molecular complexity index is 732. The number of nitrogens with two attached hydrogens (primary N) is 1. The Morgan fingerprint density at radius 3 is 2.95 bits per heavy atom.